The molecular weight excluding hydrogens is 384 g/mol. The van der Waals surface area contributed by atoms with Gasteiger partial charge in [0.15, 0.2) is 11.5 Å². The summed E-state index contributed by atoms with van der Waals surface area (Å²) < 4.78 is 37.9. The highest BCUT2D eigenvalue weighted by Crippen LogP contribution is 2.29. The minimum atomic E-state index is -3.88. The van der Waals surface area contributed by atoms with Crippen molar-refractivity contribution in [2.24, 2.45) is 0 Å². The molecule has 1 heterocycles. The lowest BCUT2D eigenvalue weighted by Gasteiger charge is -2.21. The van der Waals surface area contributed by atoms with E-state index in [2.05, 4.69) is 5.32 Å². The number of sulfonamides is 1. The van der Waals surface area contributed by atoms with Gasteiger partial charge < -0.3 is 9.47 Å². The average Bonchev–Trinajstić information content (AvgIpc) is 2.99. The quantitative estimate of drug-likeness (QED) is 0.706. The predicted molar refractivity (Wildman–Crippen MR) is 101 cm³/mol. The van der Waals surface area contributed by atoms with Gasteiger partial charge in [0.2, 0.25) is 10.0 Å². The summed E-state index contributed by atoms with van der Waals surface area (Å²) in [4.78, 5) is 23.5. The first-order chi connectivity index (χ1) is 13.3. The fraction of sp³-hybridized carbons (Fsp3) is 0.263. The Kier molecular flexibility index (Phi) is 5.39. The molecule has 0 aromatic heterocycles. The Morgan fingerprint density at radius 3 is 2.25 bits per heavy atom. The predicted octanol–water partition coefficient (Wildman–Crippen LogP) is 1.80. The monoisotopic (exact) mass is 404 g/mol. The normalized spacial score (nSPS) is 13.4. The lowest BCUT2D eigenvalue weighted by Crippen LogP contribution is -2.30. The maximum atomic E-state index is 13.1. The Bertz CT molecular complexity index is 1050. The van der Waals surface area contributed by atoms with E-state index in [0.717, 1.165) is 5.56 Å². The summed E-state index contributed by atoms with van der Waals surface area (Å²) in [6, 6.07) is 9.11. The van der Waals surface area contributed by atoms with Crippen molar-refractivity contribution in [1.29, 1.82) is 0 Å². The van der Waals surface area contributed by atoms with Crippen molar-refractivity contribution < 1.29 is 27.5 Å². The van der Waals surface area contributed by atoms with Crippen LogP contribution in [0.4, 0.5) is 0 Å². The van der Waals surface area contributed by atoms with Crippen LogP contribution in [-0.2, 0) is 16.6 Å². The summed E-state index contributed by atoms with van der Waals surface area (Å²) in [5.41, 5.74) is 0.956. The maximum Gasteiger partial charge on any atom is 0.258 e. The highest BCUT2D eigenvalue weighted by molar-refractivity contribution is 7.89. The Morgan fingerprint density at radius 1 is 0.929 bits per heavy atom. The van der Waals surface area contributed by atoms with E-state index >= 15 is 0 Å². The van der Waals surface area contributed by atoms with Crippen LogP contribution in [-0.4, -0.2) is 45.3 Å². The number of nitrogens with zero attached hydrogens (tertiary/aromatic N) is 1. The summed E-state index contributed by atoms with van der Waals surface area (Å²) in [6.07, 6.45) is 0. The molecule has 148 valence electrons. The van der Waals surface area contributed by atoms with E-state index in [1.165, 1.54) is 36.7 Å². The van der Waals surface area contributed by atoms with Crippen LogP contribution in [0.1, 0.15) is 33.2 Å². The summed E-state index contributed by atoms with van der Waals surface area (Å²) in [5, 5.41) is 2.16. The number of carbonyl (C=O) groups excluding carboxylic acids is 2. The second-order valence-corrected chi connectivity index (χ2v) is 8.05. The molecule has 1 aliphatic rings. The van der Waals surface area contributed by atoms with Crippen molar-refractivity contribution in [2.45, 2.75) is 18.4 Å². The lowest BCUT2D eigenvalue weighted by atomic mass is 10.1. The Hall–Kier alpha value is -2.91. The molecule has 9 heteroatoms. The molecule has 0 saturated heterocycles. The number of carbonyl (C=O) groups is 2. The molecule has 2 aromatic rings. The Balaban J connectivity index is 1.93. The number of imide groups is 1. The zero-order chi connectivity index (χ0) is 20.5. The van der Waals surface area contributed by atoms with Gasteiger partial charge in [-0.05, 0) is 35.9 Å². The molecule has 0 aliphatic carbocycles. The first-order valence-corrected chi connectivity index (χ1v) is 9.96. The molecule has 0 bridgehead atoms. The van der Waals surface area contributed by atoms with Crippen molar-refractivity contribution >= 4 is 21.8 Å². The molecule has 0 radical (unpaired) electrons. The molecule has 0 saturated carbocycles. The van der Waals surface area contributed by atoms with Gasteiger partial charge in [0.25, 0.3) is 11.8 Å². The average molecular weight is 404 g/mol. The summed E-state index contributed by atoms with van der Waals surface area (Å²) in [5.74, 6) is -0.0748. The van der Waals surface area contributed by atoms with Crippen molar-refractivity contribution in [3.63, 3.8) is 0 Å². The number of hydrogen-bond acceptors (Lipinski definition) is 6. The van der Waals surface area contributed by atoms with E-state index in [1.807, 2.05) is 0 Å². The van der Waals surface area contributed by atoms with Crippen molar-refractivity contribution in [3.05, 3.63) is 53.1 Å². The molecule has 0 spiro atoms. The fourth-order valence-corrected chi connectivity index (χ4v) is 4.47. The zero-order valence-corrected chi connectivity index (χ0v) is 16.5. The standard InChI is InChI=1S/C19H20N2O6S/c1-4-21(11-12-5-8-16(26-2)17(9-12)27-3)28(24,25)13-6-7-14-15(10-13)19(23)20-18(14)22/h5-10H,4,11H2,1-3H3,(H,20,22,23). The Morgan fingerprint density at radius 2 is 1.61 bits per heavy atom. The highest BCUT2D eigenvalue weighted by Gasteiger charge is 2.30. The third kappa shape index (κ3) is 3.46. The summed E-state index contributed by atoms with van der Waals surface area (Å²) in [7, 11) is -0.847. The minimum Gasteiger partial charge on any atom is -0.493 e. The molecule has 0 unspecified atom stereocenters. The van der Waals surface area contributed by atoms with Crippen LogP contribution in [0.5, 0.6) is 11.5 Å². The largest absolute Gasteiger partial charge is 0.493 e. The number of nitrogens with one attached hydrogen (secondary N) is 1. The molecule has 3 rings (SSSR count). The molecule has 28 heavy (non-hydrogen) atoms. The smallest absolute Gasteiger partial charge is 0.258 e. The fourth-order valence-electron chi connectivity index (χ4n) is 3.01. The molecule has 1 aliphatic heterocycles. The van der Waals surface area contributed by atoms with Crippen LogP contribution < -0.4 is 14.8 Å². The van der Waals surface area contributed by atoms with E-state index in [0.29, 0.717) is 11.5 Å². The maximum absolute atomic E-state index is 13.1. The van der Waals surface area contributed by atoms with Crippen LogP contribution in [0.25, 0.3) is 0 Å². The van der Waals surface area contributed by atoms with E-state index < -0.39 is 21.8 Å². The second-order valence-electron chi connectivity index (χ2n) is 6.11. The van der Waals surface area contributed by atoms with E-state index in [4.69, 9.17) is 9.47 Å². The van der Waals surface area contributed by atoms with Gasteiger partial charge in [0.05, 0.1) is 30.2 Å². The van der Waals surface area contributed by atoms with Crippen LogP contribution in [0.15, 0.2) is 41.3 Å². The van der Waals surface area contributed by atoms with Gasteiger partial charge in [-0.1, -0.05) is 13.0 Å². The number of benzene rings is 2. The van der Waals surface area contributed by atoms with Gasteiger partial charge in [-0.15, -0.1) is 0 Å². The molecule has 0 fully saturated rings. The first kappa shape index (κ1) is 19.8. The third-order valence-electron chi connectivity index (χ3n) is 4.50. The Labute approximate surface area is 163 Å². The van der Waals surface area contributed by atoms with Gasteiger partial charge in [0.1, 0.15) is 0 Å². The number of ether oxygens (including phenoxy) is 2. The van der Waals surface area contributed by atoms with Gasteiger partial charge in [-0.2, -0.15) is 4.31 Å². The van der Waals surface area contributed by atoms with Crippen molar-refractivity contribution in [2.75, 3.05) is 20.8 Å². The molecule has 8 nitrogen and oxygen atoms in total. The molecule has 0 atom stereocenters. The van der Waals surface area contributed by atoms with Crippen molar-refractivity contribution in [3.8, 4) is 11.5 Å². The van der Waals surface area contributed by atoms with E-state index in [9.17, 15) is 18.0 Å². The van der Waals surface area contributed by atoms with E-state index in [1.54, 1.807) is 25.1 Å². The SMILES string of the molecule is CCN(Cc1ccc(OC)c(OC)c1)S(=O)(=O)c1ccc2c(c1)C(=O)NC2=O. The number of hydrogen-bond donors (Lipinski definition) is 1. The van der Waals surface area contributed by atoms with Gasteiger partial charge in [0, 0.05) is 13.1 Å². The second kappa shape index (κ2) is 7.61. The molecular formula is C19H20N2O6S. The van der Waals surface area contributed by atoms with Crippen LogP contribution in [0.3, 0.4) is 0 Å². The van der Waals surface area contributed by atoms with Gasteiger partial charge >= 0.3 is 0 Å². The third-order valence-corrected chi connectivity index (χ3v) is 6.42. The number of methoxy groups -OCH3 is 2. The van der Waals surface area contributed by atoms with Crippen LogP contribution >= 0.6 is 0 Å². The van der Waals surface area contributed by atoms with Crippen LogP contribution in [0, 0.1) is 0 Å². The number of amides is 2. The van der Waals surface area contributed by atoms with Gasteiger partial charge in [-0.3, -0.25) is 14.9 Å². The number of fused-ring (bicyclic) bond motifs is 1. The molecule has 1 N–H and O–H groups in total. The highest BCUT2D eigenvalue weighted by atomic mass is 32.2. The molecule has 2 aromatic carbocycles. The van der Waals surface area contributed by atoms with Crippen molar-refractivity contribution in [1.82, 2.24) is 9.62 Å². The summed E-state index contributed by atoms with van der Waals surface area (Å²) >= 11 is 0. The van der Waals surface area contributed by atoms with Gasteiger partial charge in [-0.25, -0.2) is 8.42 Å². The molecule has 2 amide bonds. The number of rotatable bonds is 7. The van der Waals surface area contributed by atoms with E-state index in [-0.39, 0.29) is 29.1 Å². The summed E-state index contributed by atoms with van der Waals surface area (Å²) in [6.45, 7) is 2.06. The zero-order valence-electron chi connectivity index (χ0n) is 15.7. The minimum absolute atomic E-state index is 0.0431. The topological polar surface area (TPSA) is 102 Å². The first-order valence-electron chi connectivity index (χ1n) is 8.52. The lowest BCUT2D eigenvalue weighted by molar-refractivity contribution is 0.0879. The van der Waals surface area contributed by atoms with Crippen LogP contribution in [0.2, 0.25) is 0 Å².